The molecule has 1 amide bonds. The fourth-order valence-corrected chi connectivity index (χ4v) is 0.614. The minimum atomic E-state index is -0.410. The summed E-state index contributed by atoms with van der Waals surface area (Å²) in [7, 11) is 0. The number of hydrogen-bond acceptors (Lipinski definition) is 3. The molecule has 0 unspecified atom stereocenters. The summed E-state index contributed by atoms with van der Waals surface area (Å²) in [5.41, 5.74) is -0.410. The van der Waals surface area contributed by atoms with Crippen molar-refractivity contribution in [3.8, 4) is 0 Å². The first-order chi connectivity index (χ1) is 4.99. The number of rotatable bonds is 0. The topological polar surface area (TPSA) is 38.8 Å². The Bertz CT molecular complexity index is 158. The predicted octanol–water partition coefficient (Wildman–Crippen LogP) is 1.17. The molecule has 0 aromatic heterocycles. The first kappa shape index (κ1) is 8.33. The highest BCUT2D eigenvalue weighted by molar-refractivity contribution is 5.68. The molecule has 0 N–H and O–H groups in total. The Labute approximate surface area is 66.1 Å². The summed E-state index contributed by atoms with van der Waals surface area (Å²) in [6, 6.07) is 0. The van der Waals surface area contributed by atoms with Crippen LogP contribution in [0.15, 0.2) is 0 Å². The van der Waals surface area contributed by atoms with Gasteiger partial charge in [-0.05, 0) is 20.8 Å². The average molecular weight is 159 g/mol. The number of ether oxygens (including phenoxy) is 2. The maximum absolute atomic E-state index is 11.1. The summed E-state index contributed by atoms with van der Waals surface area (Å²) in [5.74, 6) is 0. The van der Waals surface area contributed by atoms with E-state index in [9.17, 15) is 4.79 Å². The summed E-state index contributed by atoms with van der Waals surface area (Å²) in [6.45, 7) is 6.23. The van der Waals surface area contributed by atoms with Gasteiger partial charge >= 0.3 is 6.09 Å². The van der Waals surface area contributed by atoms with Crippen molar-refractivity contribution < 1.29 is 14.3 Å². The lowest BCUT2D eigenvalue weighted by Gasteiger charge is -2.32. The van der Waals surface area contributed by atoms with Crippen LogP contribution >= 0.6 is 0 Å². The minimum absolute atomic E-state index is 0.302. The van der Waals surface area contributed by atoms with Crippen LogP contribution in [0.2, 0.25) is 0 Å². The molecule has 4 heteroatoms. The molecule has 0 aliphatic carbocycles. The molecular formula is C7H13NO3. The summed E-state index contributed by atoms with van der Waals surface area (Å²) >= 11 is 0. The zero-order valence-corrected chi connectivity index (χ0v) is 7.09. The van der Waals surface area contributed by atoms with Crippen molar-refractivity contribution in [2.45, 2.75) is 26.4 Å². The van der Waals surface area contributed by atoms with Gasteiger partial charge < -0.3 is 9.47 Å². The SMILES string of the molecule is CC(C)(C)OC(=O)N1COC1. The van der Waals surface area contributed by atoms with Gasteiger partial charge in [-0.1, -0.05) is 0 Å². The molecule has 1 aliphatic rings. The second-order valence-electron chi connectivity index (χ2n) is 3.48. The van der Waals surface area contributed by atoms with Gasteiger partial charge in [0.15, 0.2) is 0 Å². The highest BCUT2D eigenvalue weighted by atomic mass is 16.6. The molecule has 0 saturated carbocycles. The zero-order chi connectivity index (χ0) is 8.48. The van der Waals surface area contributed by atoms with Crippen molar-refractivity contribution in [1.82, 2.24) is 4.90 Å². The van der Waals surface area contributed by atoms with Crippen LogP contribution in [0.3, 0.4) is 0 Å². The van der Waals surface area contributed by atoms with Crippen LogP contribution in [0.1, 0.15) is 20.8 Å². The van der Waals surface area contributed by atoms with Gasteiger partial charge in [0.05, 0.1) is 0 Å². The molecule has 0 aromatic carbocycles. The molecule has 11 heavy (non-hydrogen) atoms. The molecule has 1 fully saturated rings. The maximum atomic E-state index is 11.1. The van der Waals surface area contributed by atoms with Gasteiger partial charge in [0, 0.05) is 0 Å². The molecule has 0 bridgehead atoms. The number of carbonyl (C=O) groups excluding carboxylic acids is 1. The van der Waals surface area contributed by atoms with Gasteiger partial charge in [0.2, 0.25) is 0 Å². The van der Waals surface area contributed by atoms with Gasteiger partial charge in [0.25, 0.3) is 0 Å². The van der Waals surface area contributed by atoms with E-state index in [0.717, 1.165) is 0 Å². The molecule has 0 radical (unpaired) electrons. The first-order valence-electron chi connectivity index (χ1n) is 3.55. The second kappa shape index (κ2) is 2.70. The van der Waals surface area contributed by atoms with E-state index in [0.29, 0.717) is 13.5 Å². The Morgan fingerprint density at radius 3 is 2.27 bits per heavy atom. The fourth-order valence-electron chi connectivity index (χ4n) is 0.614. The zero-order valence-electron chi connectivity index (χ0n) is 7.09. The Kier molecular flexibility index (Phi) is 2.04. The molecule has 64 valence electrons. The van der Waals surface area contributed by atoms with E-state index in [4.69, 9.17) is 9.47 Å². The minimum Gasteiger partial charge on any atom is -0.444 e. The van der Waals surface area contributed by atoms with Crippen LogP contribution in [0.5, 0.6) is 0 Å². The van der Waals surface area contributed by atoms with Gasteiger partial charge in [0.1, 0.15) is 19.1 Å². The maximum Gasteiger partial charge on any atom is 0.413 e. The Balaban J connectivity index is 2.31. The fraction of sp³-hybridized carbons (Fsp3) is 0.857. The molecule has 1 aliphatic heterocycles. The van der Waals surface area contributed by atoms with Crippen LogP contribution < -0.4 is 0 Å². The second-order valence-corrected chi connectivity index (χ2v) is 3.48. The van der Waals surface area contributed by atoms with E-state index >= 15 is 0 Å². The summed E-state index contributed by atoms with van der Waals surface area (Å²) < 4.78 is 9.84. The third-order valence-electron chi connectivity index (χ3n) is 1.15. The lowest BCUT2D eigenvalue weighted by atomic mass is 10.2. The molecule has 1 rings (SSSR count). The van der Waals surface area contributed by atoms with Crippen molar-refractivity contribution in [2.75, 3.05) is 13.5 Å². The van der Waals surface area contributed by atoms with Crippen molar-refractivity contribution in [1.29, 1.82) is 0 Å². The number of amides is 1. The van der Waals surface area contributed by atoms with Crippen LogP contribution in [0.4, 0.5) is 4.79 Å². The van der Waals surface area contributed by atoms with E-state index in [1.165, 1.54) is 4.90 Å². The molecule has 1 heterocycles. The standard InChI is InChI=1S/C7H13NO3/c1-7(2,3)11-6(9)8-4-10-5-8/h4-5H2,1-3H3. The molecular weight excluding hydrogens is 146 g/mol. The molecule has 4 nitrogen and oxygen atoms in total. The number of carbonyl (C=O) groups is 1. The highest BCUT2D eigenvalue weighted by Gasteiger charge is 2.26. The molecule has 0 atom stereocenters. The largest absolute Gasteiger partial charge is 0.444 e. The average Bonchev–Trinajstić information content (AvgIpc) is 1.50. The first-order valence-corrected chi connectivity index (χ1v) is 3.55. The van der Waals surface area contributed by atoms with Crippen LogP contribution in [0, 0.1) is 0 Å². The number of nitrogens with zero attached hydrogens (tertiary/aromatic N) is 1. The van der Waals surface area contributed by atoms with Gasteiger partial charge in [-0.25, -0.2) is 4.79 Å². The van der Waals surface area contributed by atoms with Crippen LogP contribution in [-0.2, 0) is 9.47 Å². The summed E-state index contributed by atoms with van der Waals surface area (Å²) in [6.07, 6.45) is -0.302. The van der Waals surface area contributed by atoms with E-state index in [1.54, 1.807) is 0 Å². The highest BCUT2D eigenvalue weighted by Crippen LogP contribution is 2.12. The van der Waals surface area contributed by atoms with Gasteiger partial charge in [-0.15, -0.1) is 0 Å². The third kappa shape index (κ3) is 2.38. The summed E-state index contributed by atoms with van der Waals surface area (Å²) in [5, 5.41) is 0. The van der Waals surface area contributed by atoms with Gasteiger partial charge in [-0.2, -0.15) is 0 Å². The summed E-state index contributed by atoms with van der Waals surface area (Å²) in [4.78, 5) is 12.6. The smallest absolute Gasteiger partial charge is 0.413 e. The third-order valence-corrected chi connectivity index (χ3v) is 1.15. The van der Waals surface area contributed by atoms with Crippen LogP contribution in [-0.4, -0.2) is 30.1 Å². The quantitative estimate of drug-likeness (QED) is 0.532. The van der Waals surface area contributed by atoms with E-state index < -0.39 is 5.60 Å². The normalized spacial score (nSPS) is 17.5. The van der Waals surface area contributed by atoms with Crippen molar-refractivity contribution in [2.24, 2.45) is 0 Å². The lowest BCUT2D eigenvalue weighted by Crippen LogP contribution is -2.46. The van der Waals surface area contributed by atoms with Gasteiger partial charge in [-0.3, -0.25) is 4.90 Å². The van der Waals surface area contributed by atoms with Crippen molar-refractivity contribution in [3.63, 3.8) is 0 Å². The number of hydrogen-bond donors (Lipinski definition) is 0. The van der Waals surface area contributed by atoms with Crippen molar-refractivity contribution in [3.05, 3.63) is 0 Å². The van der Waals surface area contributed by atoms with E-state index in [2.05, 4.69) is 0 Å². The van der Waals surface area contributed by atoms with Crippen molar-refractivity contribution >= 4 is 6.09 Å². The Hall–Kier alpha value is -0.770. The predicted molar refractivity (Wildman–Crippen MR) is 38.9 cm³/mol. The Morgan fingerprint density at radius 2 is 2.00 bits per heavy atom. The molecule has 0 spiro atoms. The molecule has 0 aromatic rings. The van der Waals surface area contributed by atoms with E-state index in [1.807, 2.05) is 20.8 Å². The van der Waals surface area contributed by atoms with E-state index in [-0.39, 0.29) is 6.09 Å². The van der Waals surface area contributed by atoms with Crippen LogP contribution in [0.25, 0.3) is 0 Å². The Morgan fingerprint density at radius 1 is 1.45 bits per heavy atom. The molecule has 1 saturated heterocycles. The monoisotopic (exact) mass is 159 g/mol. The lowest BCUT2D eigenvalue weighted by molar-refractivity contribution is -0.135.